The molecule has 2 aromatic carbocycles. The van der Waals surface area contributed by atoms with Gasteiger partial charge in [0.25, 0.3) is 0 Å². The number of carbonyl (C=O) groups excluding carboxylic acids is 1. The first kappa shape index (κ1) is 14.8. The number of ether oxygens (including phenoxy) is 1. The Bertz CT molecular complexity index is 624. The molecule has 2 rings (SSSR count). The molecule has 4 N–H and O–H groups in total. The highest BCUT2D eigenvalue weighted by molar-refractivity contribution is 6.01. The van der Waals surface area contributed by atoms with Crippen molar-refractivity contribution in [3.05, 3.63) is 53.8 Å². The summed E-state index contributed by atoms with van der Waals surface area (Å²) in [5, 5.41) is 5.22. The van der Waals surface area contributed by atoms with E-state index < -0.39 is 11.8 Å². The third kappa shape index (κ3) is 3.70. The molecule has 6 heteroatoms. The number of hydrogen-bond acceptors (Lipinski definition) is 3. The smallest absolute Gasteiger partial charge is 0.323 e. The average Bonchev–Trinajstić information content (AvgIpc) is 2.47. The van der Waals surface area contributed by atoms with E-state index >= 15 is 0 Å². The number of nitrogens with one attached hydrogen (secondary N) is 2. The molecule has 0 spiro atoms. The maximum absolute atomic E-state index is 13.1. The number of anilines is 2. The molecule has 0 heterocycles. The van der Waals surface area contributed by atoms with Gasteiger partial charge in [-0.2, -0.15) is 0 Å². The van der Waals surface area contributed by atoms with Gasteiger partial charge in [-0.1, -0.05) is 18.2 Å². The lowest BCUT2D eigenvalue weighted by Gasteiger charge is -2.14. The lowest BCUT2D eigenvalue weighted by atomic mass is 10.1. The van der Waals surface area contributed by atoms with Crippen LogP contribution in [-0.4, -0.2) is 13.1 Å². The van der Waals surface area contributed by atoms with E-state index in [1.165, 1.54) is 25.3 Å². The fraction of sp³-hybridized carbons (Fsp3) is 0.133. The molecule has 0 aromatic heterocycles. The fourth-order valence-electron chi connectivity index (χ4n) is 1.90. The van der Waals surface area contributed by atoms with Crippen LogP contribution in [0.15, 0.2) is 42.5 Å². The number of urea groups is 1. The van der Waals surface area contributed by atoms with Gasteiger partial charge >= 0.3 is 6.03 Å². The van der Waals surface area contributed by atoms with Gasteiger partial charge in [0, 0.05) is 12.2 Å². The van der Waals surface area contributed by atoms with Crippen molar-refractivity contribution in [1.29, 1.82) is 0 Å². The zero-order valence-electron chi connectivity index (χ0n) is 11.5. The molecule has 2 amide bonds. The van der Waals surface area contributed by atoms with E-state index in [4.69, 9.17) is 10.5 Å². The predicted octanol–water partition coefficient (Wildman–Crippen LogP) is 2.94. The van der Waals surface area contributed by atoms with Crippen LogP contribution < -0.4 is 21.1 Å². The number of para-hydroxylation sites is 1. The van der Waals surface area contributed by atoms with E-state index in [1.54, 1.807) is 24.3 Å². The molecule has 0 unspecified atom stereocenters. The van der Waals surface area contributed by atoms with Crippen LogP contribution in [-0.2, 0) is 6.54 Å². The Hall–Kier alpha value is -2.60. The largest absolute Gasteiger partial charge is 0.495 e. The Morgan fingerprint density at radius 3 is 2.67 bits per heavy atom. The van der Waals surface area contributed by atoms with Gasteiger partial charge in [0.2, 0.25) is 0 Å². The highest BCUT2D eigenvalue weighted by atomic mass is 19.1. The molecular weight excluding hydrogens is 273 g/mol. The van der Waals surface area contributed by atoms with Crippen molar-refractivity contribution in [2.24, 2.45) is 5.73 Å². The number of amides is 2. The SMILES string of the molecule is COc1cccc(CN)c1NC(=O)Nc1cccc(F)c1. The van der Waals surface area contributed by atoms with Crippen LogP contribution in [0.5, 0.6) is 5.75 Å². The molecule has 2 aromatic rings. The minimum atomic E-state index is -0.500. The van der Waals surface area contributed by atoms with Crippen LogP contribution in [0.25, 0.3) is 0 Å². The predicted molar refractivity (Wildman–Crippen MR) is 79.9 cm³/mol. The van der Waals surface area contributed by atoms with E-state index in [2.05, 4.69) is 10.6 Å². The van der Waals surface area contributed by atoms with Crippen LogP contribution in [0.3, 0.4) is 0 Å². The van der Waals surface area contributed by atoms with E-state index in [-0.39, 0.29) is 6.54 Å². The Morgan fingerprint density at radius 1 is 1.24 bits per heavy atom. The summed E-state index contributed by atoms with van der Waals surface area (Å²) in [7, 11) is 1.51. The number of hydrogen-bond donors (Lipinski definition) is 3. The van der Waals surface area contributed by atoms with Crippen LogP contribution >= 0.6 is 0 Å². The molecule has 0 aliphatic carbocycles. The molecule has 0 bridgehead atoms. The van der Waals surface area contributed by atoms with E-state index in [0.717, 1.165) is 5.56 Å². The van der Waals surface area contributed by atoms with Crippen molar-refractivity contribution in [3.63, 3.8) is 0 Å². The standard InChI is InChI=1S/C15H16FN3O2/c1-21-13-7-2-4-10(9-17)14(13)19-15(20)18-12-6-3-5-11(16)8-12/h2-8H,9,17H2,1H3,(H2,18,19,20). The first-order chi connectivity index (χ1) is 10.1. The molecule has 21 heavy (non-hydrogen) atoms. The quantitative estimate of drug-likeness (QED) is 0.810. The molecule has 0 radical (unpaired) electrons. The first-order valence-electron chi connectivity index (χ1n) is 6.33. The van der Waals surface area contributed by atoms with E-state index in [9.17, 15) is 9.18 Å². The van der Waals surface area contributed by atoms with E-state index in [1.807, 2.05) is 0 Å². The topological polar surface area (TPSA) is 76.4 Å². The molecule has 0 aliphatic heterocycles. The van der Waals surface area contributed by atoms with Gasteiger partial charge in [0.15, 0.2) is 0 Å². The number of benzene rings is 2. The van der Waals surface area contributed by atoms with Gasteiger partial charge in [-0.3, -0.25) is 0 Å². The van der Waals surface area contributed by atoms with Gasteiger partial charge in [0.05, 0.1) is 12.8 Å². The minimum Gasteiger partial charge on any atom is -0.495 e. The third-order valence-electron chi connectivity index (χ3n) is 2.87. The summed E-state index contributed by atoms with van der Waals surface area (Å²) in [6.45, 7) is 0.257. The fourth-order valence-corrected chi connectivity index (χ4v) is 1.90. The van der Waals surface area contributed by atoms with E-state index in [0.29, 0.717) is 17.1 Å². The molecule has 5 nitrogen and oxygen atoms in total. The van der Waals surface area contributed by atoms with Gasteiger partial charge < -0.3 is 21.1 Å². The molecular formula is C15H16FN3O2. The number of carbonyl (C=O) groups is 1. The van der Waals surface area contributed by atoms with Crippen LogP contribution in [0.4, 0.5) is 20.6 Å². The van der Waals surface area contributed by atoms with Crippen LogP contribution in [0.2, 0.25) is 0 Å². The lowest BCUT2D eigenvalue weighted by Crippen LogP contribution is -2.21. The summed E-state index contributed by atoms with van der Waals surface area (Å²) in [6.07, 6.45) is 0. The third-order valence-corrected chi connectivity index (χ3v) is 2.87. The summed E-state index contributed by atoms with van der Waals surface area (Å²) in [5.41, 5.74) is 7.24. The number of nitrogens with two attached hydrogens (primary N) is 1. The minimum absolute atomic E-state index is 0.257. The second-order valence-electron chi connectivity index (χ2n) is 4.29. The maximum atomic E-state index is 13.1. The molecule has 0 saturated heterocycles. The summed E-state index contributed by atoms with van der Waals surface area (Å²) < 4.78 is 18.3. The second-order valence-corrected chi connectivity index (χ2v) is 4.29. The van der Waals surface area contributed by atoms with Crippen molar-refractivity contribution < 1.29 is 13.9 Å². The molecule has 0 saturated carbocycles. The number of halogens is 1. The Balaban J connectivity index is 2.16. The molecule has 0 aliphatic rings. The summed E-state index contributed by atoms with van der Waals surface area (Å²) in [6, 6.07) is 10.4. The van der Waals surface area contributed by atoms with Crippen LogP contribution in [0.1, 0.15) is 5.56 Å². The number of methoxy groups -OCH3 is 1. The average molecular weight is 289 g/mol. The zero-order valence-corrected chi connectivity index (χ0v) is 11.5. The normalized spacial score (nSPS) is 10.0. The van der Waals surface area contributed by atoms with Gasteiger partial charge in [0.1, 0.15) is 11.6 Å². The molecule has 110 valence electrons. The number of rotatable bonds is 4. The van der Waals surface area contributed by atoms with Crippen molar-refractivity contribution in [2.75, 3.05) is 17.7 Å². The maximum Gasteiger partial charge on any atom is 0.323 e. The Morgan fingerprint density at radius 2 is 2.00 bits per heavy atom. The Kier molecular flexibility index (Phi) is 4.73. The van der Waals surface area contributed by atoms with Crippen molar-refractivity contribution in [3.8, 4) is 5.75 Å². The monoisotopic (exact) mass is 289 g/mol. The van der Waals surface area contributed by atoms with Crippen molar-refractivity contribution in [2.45, 2.75) is 6.54 Å². The van der Waals surface area contributed by atoms with Crippen molar-refractivity contribution in [1.82, 2.24) is 0 Å². The molecule has 0 atom stereocenters. The highest BCUT2D eigenvalue weighted by Gasteiger charge is 2.11. The van der Waals surface area contributed by atoms with Gasteiger partial charge in [-0.25, -0.2) is 9.18 Å². The highest BCUT2D eigenvalue weighted by Crippen LogP contribution is 2.28. The second kappa shape index (κ2) is 6.71. The van der Waals surface area contributed by atoms with Gasteiger partial charge in [-0.15, -0.1) is 0 Å². The lowest BCUT2D eigenvalue weighted by molar-refractivity contribution is 0.262. The van der Waals surface area contributed by atoms with Crippen LogP contribution in [0, 0.1) is 5.82 Å². The first-order valence-corrected chi connectivity index (χ1v) is 6.33. The molecule has 0 fully saturated rings. The summed E-state index contributed by atoms with van der Waals surface area (Å²) >= 11 is 0. The van der Waals surface area contributed by atoms with Gasteiger partial charge in [-0.05, 0) is 29.8 Å². The Labute approximate surface area is 121 Å². The zero-order chi connectivity index (χ0) is 15.2. The van der Waals surface area contributed by atoms with Crippen molar-refractivity contribution >= 4 is 17.4 Å². The summed E-state index contributed by atoms with van der Waals surface area (Å²) in [5.74, 6) is 0.0834. The summed E-state index contributed by atoms with van der Waals surface area (Å²) in [4.78, 5) is 12.0.